The second-order valence-corrected chi connectivity index (χ2v) is 16.1. The Labute approximate surface area is 351 Å². The molecule has 11 aromatic carbocycles. The zero-order valence-electron chi connectivity index (χ0n) is 33.1. The van der Waals surface area contributed by atoms with E-state index in [1.165, 1.54) is 81.7 Å². The molecule has 0 spiro atoms. The molecule has 0 amide bonds. The molecule has 61 heavy (non-hydrogen) atoms. The third-order valence-corrected chi connectivity index (χ3v) is 12.7. The molecule has 0 fully saturated rings. The van der Waals surface area contributed by atoms with E-state index in [1.54, 1.807) is 0 Å². The van der Waals surface area contributed by atoms with Gasteiger partial charge in [-0.25, -0.2) is 0 Å². The second kappa shape index (κ2) is 13.2. The Morgan fingerprint density at radius 2 is 0.836 bits per heavy atom. The van der Waals surface area contributed by atoms with Crippen LogP contribution in [0.15, 0.2) is 223 Å². The van der Waals surface area contributed by atoms with Gasteiger partial charge in [0, 0.05) is 44.3 Å². The summed E-state index contributed by atoms with van der Waals surface area (Å²) >= 11 is 0. The maximum atomic E-state index is 6.29. The van der Waals surface area contributed by atoms with Crippen molar-refractivity contribution in [2.75, 3.05) is 4.90 Å². The number of para-hydroxylation sites is 2. The summed E-state index contributed by atoms with van der Waals surface area (Å²) in [5, 5.41) is 14.7. The molecule has 13 aromatic rings. The maximum absolute atomic E-state index is 6.29. The molecule has 0 radical (unpaired) electrons. The van der Waals surface area contributed by atoms with Crippen molar-refractivity contribution in [2.45, 2.75) is 0 Å². The van der Waals surface area contributed by atoms with Crippen LogP contribution in [0.1, 0.15) is 0 Å². The predicted molar refractivity (Wildman–Crippen MR) is 258 cm³/mol. The molecule has 0 bridgehead atoms. The van der Waals surface area contributed by atoms with Gasteiger partial charge in [-0.2, -0.15) is 0 Å². The minimum atomic E-state index is 0.883. The lowest BCUT2D eigenvalue weighted by molar-refractivity contribution is 0.669. The minimum absolute atomic E-state index is 0.883. The van der Waals surface area contributed by atoms with Crippen LogP contribution in [-0.4, -0.2) is 4.57 Å². The van der Waals surface area contributed by atoms with Gasteiger partial charge < -0.3 is 13.9 Å². The van der Waals surface area contributed by atoms with E-state index in [9.17, 15) is 0 Å². The number of furan rings is 1. The lowest BCUT2D eigenvalue weighted by atomic mass is 9.94. The van der Waals surface area contributed by atoms with Crippen LogP contribution in [0.3, 0.4) is 0 Å². The first kappa shape index (κ1) is 33.8. The van der Waals surface area contributed by atoms with Crippen LogP contribution in [0, 0.1) is 0 Å². The van der Waals surface area contributed by atoms with Crippen molar-refractivity contribution in [3.05, 3.63) is 218 Å². The van der Waals surface area contributed by atoms with Crippen LogP contribution < -0.4 is 4.90 Å². The van der Waals surface area contributed by atoms with Gasteiger partial charge in [0.15, 0.2) is 0 Å². The van der Waals surface area contributed by atoms with E-state index in [2.05, 4.69) is 216 Å². The first-order valence-corrected chi connectivity index (χ1v) is 20.9. The number of rotatable bonds is 5. The van der Waals surface area contributed by atoms with E-state index in [4.69, 9.17) is 4.42 Å². The Balaban J connectivity index is 0.965. The fourth-order valence-corrected chi connectivity index (χ4v) is 9.88. The van der Waals surface area contributed by atoms with Gasteiger partial charge in [0.2, 0.25) is 0 Å². The first-order chi connectivity index (χ1) is 30.2. The average molecular weight is 777 g/mol. The van der Waals surface area contributed by atoms with Gasteiger partial charge in [-0.3, -0.25) is 0 Å². The van der Waals surface area contributed by atoms with Crippen molar-refractivity contribution in [2.24, 2.45) is 0 Å². The predicted octanol–water partition coefficient (Wildman–Crippen LogP) is 16.4. The standard InChI is InChI=1S/C58H36N2O/c1-2-12-39-33-42(27-23-37(39)11-1)60-55-19-9-7-17-50(55)53-34-40(24-31-56(53)60)38-21-25-41(26-22-38)59(44-29-32-58-54(36-44)51-18-8-10-20-57(51)61-58)43-28-30-49-47-15-4-3-13-45(47)46-14-5-6-16-48(46)52(49)35-43/h1-36H. The zero-order chi connectivity index (χ0) is 40.0. The molecule has 0 aliphatic carbocycles. The molecular formula is C58H36N2O. The smallest absolute Gasteiger partial charge is 0.135 e. The fraction of sp³-hybridized carbons (Fsp3) is 0. The van der Waals surface area contributed by atoms with Gasteiger partial charge in [-0.1, -0.05) is 140 Å². The van der Waals surface area contributed by atoms with E-state index < -0.39 is 0 Å². The summed E-state index contributed by atoms with van der Waals surface area (Å²) in [6.45, 7) is 0. The molecule has 0 saturated carbocycles. The maximum Gasteiger partial charge on any atom is 0.135 e. The fourth-order valence-electron chi connectivity index (χ4n) is 9.88. The normalized spacial score (nSPS) is 11.9. The van der Waals surface area contributed by atoms with Crippen LogP contribution in [0.5, 0.6) is 0 Å². The van der Waals surface area contributed by atoms with Gasteiger partial charge in [0.05, 0.1) is 11.0 Å². The molecule has 0 N–H and O–H groups in total. The monoisotopic (exact) mass is 776 g/mol. The highest BCUT2D eigenvalue weighted by atomic mass is 16.3. The van der Waals surface area contributed by atoms with E-state index in [0.29, 0.717) is 0 Å². The van der Waals surface area contributed by atoms with Gasteiger partial charge >= 0.3 is 0 Å². The van der Waals surface area contributed by atoms with Crippen LogP contribution in [0.2, 0.25) is 0 Å². The molecule has 0 aliphatic rings. The van der Waals surface area contributed by atoms with E-state index in [1.807, 2.05) is 12.1 Å². The van der Waals surface area contributed by atoms with Gasteiger partial charge in [-0.05, 0) is 133 Å². The molecular weight excluding hydrogens is 741 g/mol. The molecule has 3 nitrogen and oxygen atoms in total. The van der Waals surface area contributed by atoms with Gasteiger partial charge in [0.1, 0.15) is 11.2 Å². The Morgan fingerprint density at radius 1 is 0.295 bits per heavy atom. The molecule has 0 aliphatic heterocycles. The number of hydrogen-bond donors (Lipinski definition) is 0. The van der Waals surface area contributed by atoms with Crippen LogP contribution in [-0.2, 0) is 0 Å². The Kier molecular flexibility index (Phi) is 7.31. The molecule has 13 rings (SSSR count). The molecule has 284 valence electrons. The summed E-state index contributed by atoms with van der Waals surface area (Å²) in [7, 11) is 0. The molecule has 2 aromatic heterocycles. The Morgan fingerprint density at radius 3 is 1.61 bits per heavy atom. The molecule has 0 saturated heterocycles. The Bertz CT molecular complexity index is 3850. The summed E-state index contributed by atoms with van der Waals surface area (Å²) in [5.74, 6) is 0. The number of nitrogens with zero attached hydrogens (tertiary/aromatic N) is 2. The van der Waals surface area contributed by atoms with E-state index in [0.717, 1.165) is 39.0 Å². The first-order valence-electron chi connectivity index (χ1n) is 20.9. The number of aromatic nitrogens is 1. The highest BCUT2D eigenvalue weighted by Gasteiger charge is 2.19. The van der Waals surface area contributed by atoms with Gasteiger partial charge in [0.25, 0.3) is 0 Å². The lowest BCUT2D eigenvalue weighted by Crippen LogP contribution is -2.10. The van der Waals surface area contributed by atoms with Crippen molar-refractivity contribution >= 4 is 104 Å². The summed E-state index contributed by atoms with van der Waals surface area (Å²) in [6.07, 6.45) is 0. The summed E-state index contributed by atoms with van der Waals surface area (Å²) in [4.78, 5) is 2.38. The summed E-state index contributed by atoms with van der Waals surface area (Å²) in [6, 6.07) is 79.4. The lowest BCUT2D eigenvalue weighted by Gasteiger charge is -2.26. The quantitative estimate of drug-likeness (QED) is 0.162. The van der Waals surface area contributed by atoms with Crippen molar-refractivity contribution in [3.8, 4) is 16.8 Å². The van der Waals surface area contributed by atoms with E-state index >= 15 is 0 Å². The topological polar surface area (TPSA) is 21.3 Å². The number of hydrogen-bond acceptors (Lipinski definition) is 2. The van der Waals surface area contributed by atoms with Crippen molar-refractivity contribution in [1.29, 1.82) is 0 Å². The molecule has 3 heteroatoms. The van der Waals surface area contributed by atoms with Crippen LogP contribution >= 0.6 is 0 Å². The Hall–Kier alpha value is -8.14. The third kappa shape index (κ3) is 5.24. The number of fused-ring (bicyclic) bond motifs is 13. The molecule has 0 unspecified atom stereocenters. The van der Waals surface area contributed by atoms with Crippen molar-refractivity contribution < 1.29 is 4.42 Å². The second-order valence-electron chi connectivity index (χ2n) is 16.1. The summed E-state index contributed by atoms with van der Waals surface area (Å²) < 4.78 is 8.69. The highest BCUT2D eigenvalue weighted by Crippen LogP contribution is 2.43. The molecule has 0 atom stereocenters. The average Bonchev–Trinajstić information content (AvgIpc) is 3.87. The van der Waals surface area contributed by atoms with Crippen LogP contribution in [0.4, 0.5) is 17.1 Å². The van der Waals surface area contributed by atoms with Gasteiger partial charge in [-0.15, -0.1) is 0 Å². The minimum Gasteiger partial charge on any atom is -0.456 e. The zero-order valence-corrected chi connectivity index (χ0v) is 33.1. The van der Waals surface area contributed by atoms with Crippen LogP contribution in [0.25, 0.3) is 104 Å². The van der Waals surface area contributed by atoms with Crippen molar-refractivity contribution in [1.82, 2.24) is 4.57 Å². The number of benzene rings is 11. The SMILES string of the molecule is c1ccc2cc(-n3c4ccccc4c4cc(-c5ccc(N(c6ccc7oc8ccccc8c7c6)c6ccc7c8ccccc8c8ccccc8c7c6)cc5)ccc43)ccc2c1. The molecule has 2 heterocycles. The van der Waals surface area contributed by atoms with Crippen molar-refractivity contribution in [3.63, 3.8) is 0 Å². The third-order valence-electron chi connectivity index (χ3n) is 12.7. The number of anilines is 3. The highest BCUT2D eigenvalue weighted by molar-refractivity contribution is 6.26. The van der Waals surface area contributed by atoms with E-state index in [-0.39, 0.29) is 0 Å². The summed E-state index contributed by atoms with van der Waals surface area (Å²) in [5.41, 5.74) is 10.9. The largest absolute Gasteiger partial charge is 0.456 e.